The minimum absolute atomic E-state index is 0.0907. The van der Waals surface area contributed by atoms with Crippen LogP contribution in [0.2, 0.25) is 0 Å². The van der Waals surface area contributed by atoms with Gasteiger partial charge >= 0.3 is 5.97 Å². The van der Waals surface area contributed by atoms with E-state index in [1.165, 1.54) is 0 Å². The fourth-order valence-corrected chi connectivity index (χ4v) is 3.81. The van der Waals surface area contributed by atoms with E-state index in [-0.39, 0.29) is 11.8 Å². The van der Waals surface area contributed by atoms with Gasteiger partial charge in [-0.1, -0.05) is 20.8 Å². The summed E-state index contributed by atoms with van der Waals surface area (Å²) in [6, 6.07) is 0.304. The highest BCUT2D eigenvalue weighted by atomic mass is 16.4. The van der Waals surface area contributed by atoms with Crippen molar-refractivity contribution in [3.8, 4) is 0 Å². The first-order valence-electron chi connectivity index (χ1n) is 7.45. The third-order valence-electron chi connectivity index (χ3n) is 4.78. The fraction of sp³-hybridized carbons (Fsp3) is 0.867. The average Bonchev–Trinajstić information content (AvgIpc) is 2.93. The maximum absolute atomic E-state index is 12.7. The fourth-order valence-electron chi connectivity index (χ4n) is 3.81. The maximum atomic E-state index is 12.7. The average molecular weight is 267 g/mol. The Morgan fingerprint density at radius 2 is 1.84 bits per heavy atom. The first kappa shape index (κ1) is 14.4. The van der Waals surface area contributed by atoms with Crippen LogP contribution in [0, 0.1) is 23.7 Å². The van der Waals surface area contributed by atoms with Gasteiger partial charge < -0.3 is 10.0 Å². The molecule has 19 heavy (non-hydrogen) atoms. The van der Waals surface area contributed by atoms with Crippen molar-refractivity contribution in [1.82, 2.24) is 4.90 Å². The highest BCUT2D eigenvalue weighted by molar-refractivity contribution is 5.85. The molecule has 0 aromatic carbocycles. The minimum atomic E-state index is -0.803. The standard InChI is InChI=1S/C15H25NO3/c1-9(2)13-5-4-6-16(13)14(17)11-7-10(3)8-12(11)15(18)19/h9-13H,4-8H2,1-3H3,(H,18,19). The summed E-state index contributed by atoms with van der Waals surface area (Å²) in [5.74, 6) is -0.692. The number of nitrogens with zero attached hydrogens (tertiary/aromatic N) is 1. The molecule has 2 fully saturated rings. The molecule has 0 aromatic rings. The Hall–Kier alpha value is -1.06. The zero-order valence-electron chi connectivity index (χ0n) is 12.1. The van der Waals surface area contributed by atoms with Crippen molar-refractivity contribution in [2.45, 2.75) is 52.5 Å². The van der Waals surface area contributed by atoms with Gasteiger partial charge in [-0.25, -0.2) is 0 Å². The molecule has 1 saturated heterocycles. The van der Waals surface area contributed by atoms with E-state index in [4.69, 9.17) is 0 Å². The lowest BCUT2D eigenvalue weighted by Gasteiger charge is -2.31. The summed E-state index contributed by atoms with van der Waals surface area (Å²) in [6.45, 7) is 7.14. The lowest BCUT2D eigenvalue weighted by Crippen LogP contribution is -2.43. The van der Waals surface area contributed by atoms with Gasteiger partial charge in [-0.05, 0) is 37.5 Å². The van der Waals surface area contributed by atoms with Crippen LogP contribution in [0.4, 0.5) is 0 Å². The van der Waals surface area contributed by atoms with Crippen LogP contribution in [0.25, 0.3) is 0 Å². The van der Waals surface area contributed by atoms with Gasteiger partial charge in [0.15, 0.2) is 0 Å². The number of amides is 1. The van der Waals surface area contributed by atoms with Gasteiger partial charge in [0.05, 0.1) is 11.8 Å². The van der Waals surface area contributed by atoms with Gasteiger partial charge in [0.1, 0.15) is 0 Å². The molecule has 0 aromatic heterocycles. The summed E-state index contributed by atoms with van der Waals surface area (Å²) in [5, 5.41) is 9.30. The third-order valence-corrected chi connectivity index (χ3v) is 4.78. The van der Waals surface area contributed by atoms with Gasteiger partial charge in [0, 0.05) is 12.6 Å². The highest BCUT2D eigenvalue weighted by Crippen LogP contribution is 2.39. The first-order valence-corrected chi connectivity index (χ1v) is 7.45. The number of rotatable bonds is 3. The number of carbonyl (C=O) groups is 2. The van der Waals surface area contributed by atoms with E-state index in [0.717, 1.165) is 25.8 Å². The molecule has 0 bridgehead atoms. The van der Waals surface area contributed by atoms with Crippen molar-refractivity contribution < 1.29 is 14.7 Å². The van der Waals surface area contributed by atoms with E-state index in [0.29, 0.717) is 24.3 Å². The normalized spacial score (nSPS) is 35.1. The summed E-state index contributed by atoms with van der Waals surface area (Å²) in [6.07, 6.45) is 3.49. The van der Waals surface area contributed by atoms with E-state index in [2.05, 4.69) is 13.8 Å². The summed E-state index contributed by atoms with van der Waals surface area (Å²) in [7, 11) is 0. The number of carboxylic acid groups (broad SMARTS) is 1. The number of hydrogen-bond donors (Lipinski definition) is 1. The molecule has 1 amide bonds. The summed E-state index contributed by atoms with van der Waals surface area (Å²) >= 11 is 0. The van der Waals surface area contributed by atoms with Crippen molar-refractivity contribution in [3.05, 3.63) is 0 Å². The predicted octanol–water partition coefficient (Wildman–Crippen LogP) is 2.38. The molecular weight excluding hydrogens is 242 g/mol. The van der Waals surface area contributed by atoms with Crippen LogP contribution in [0.3, 0.4) is 0 Å². The van der Waals surface area contributed by atoms with Crippen molar-refractivity contribution in [2.24, 2.45) is 23.7 Å². The first-order chi connectivity index (χ1) is 8.91. The Balaban J connectivity index is 2.12. The van der Waals surface area contributed by atoms with E-state index < -0.39 is 11.9 Å². The molecule has 0 spiro atoms. The van der Waals surface area contributed by atoms with Gasteiger partial charge in [-0.15, -0.1) is 0 Å². The van der Waals surface area contributed by atoms with Crippen molar-refractivity contribution >= 4 is 11.9 Å². The zero-order valence-corrected chi connectivity index (χ0v) is 12.1. The Morgan fingerprint density at radius 3 is 2.42 bits per heavy atom. The van der Waals surface area contributed by atoms with Gasteiger partial charge in [-0.3, -0.25) is 9.59 Å². The molecule has 1 N–H and O–H groups in total. The highest BCUT2D eigenvalue weighted by Gasteiger charge is 2.45. The van der Waals surface area contributed by atoms with Gasteiger partial charge in [0.2, 0.25) is 5.91 Å². The quantitative estimate of drug-likeness (QED) is 0.854. The Morgan fingerprint density at radius 1 is 1.21 bits per heavy atom. The molecule has 4 unspecified atom stereocenters. The molecular formula is C15H25NO3. The number of carboxylic acids is 1. The predicted molar refractivity (Wildman–Crippen MR) is 72.6 cm³/mol. The SMILES string of the molecule is CC1CC(C(=O)O)C(C(=O)N2CCCC2C(C)C)C1. The van der Waals surface area contributed by atoms with Crippen LogP contribution in [0.5, 0.6) is 0 Å². The van der Waals surface area contributed by atoms with Crippen molar-refractivity contribution in [2.75, 3.05) is 6.54 Å². The second kappa shape index (κ2) is 5.51. The van der Waals surface area contributed by atoms with E-state index in [1.54, 1.807) is 0 Å². The maximum Gasteiger partial charge on any atom is 0.307 e. The molecule has 1 saturated carbocycles. The minimum Gasteiger partial charge on any atom is -0.481 e. The molecule has 4 nitrogen and oxygen atoms in total. The van der Waals surface area contributed by atoms with Crippen LogP contribution in [-0.2, 0) is 9.59 Å². The molecule has 2 aliphatic rings. The molecule has 1 aliphatic heterocycles. The van der Waals surface area contributed by atoms with Crippen LogP contribution in [-0.4, -0.2) is 34.5 Å². The zero-order chi connectivity index (χ0) is 14.2. The number of aliphatic carboxylic acids is 1. The lowest BCUT2D eigenvalue weighted by molar-refractivity contribution is -0.149. The third kappa shape index (κ3) is 2.77. The Kier molecular flexibility index (Phi) is 4.16. The Bertz CT molecular complexity index is 366. The summed E-state index contributed by atoms with van der Waals surface area (Å²) < 4.78 is 0. The Labute approximate surface area is 115 Å². The summed E-state index contributed by atoms with van der Waals surface area (Å²) in [4.78, 5) is 26.0. The van der Waals surface area contributed by atoms with Gasteiger partial charge in [0.25, 0.3) is 0 Å². The lowest BCUT2D eigenvalue weighted by atomic mass is 9.93. The molecule has 2 rings (SSSR count). The molecule has 1 heterocycles. The topological polar surface area (TPSA) is 57.6 Å². The molecule has 108 valence electrons. The largest absolute Gasteiger partial charge is 0.481 e. The molecule has 4 heteroatoms. The van der Waals surface area contributed by atoms with Crippen molar-refractivity contribution in [3.63, 3.8) is 0 Å². The number of likely N-dealkylation sites (tertiary alicyclic amines) is 1. The van der Waals surface area contributed by atoms with Crippen LogP contribution in [0.1, 0.15) is 46.5 Å². The number of hydrogen-bond acceptors (Lipinski definition) is 2. The smallest absolute Gasteiger partial charge is 0.307 e. The van der Waals surface area contributed by atoms with E-state index in [1.807, 2.05) is 11.8 Å². The van der Waals surface area contributed by atoms with Crippen LogP contribution in [0.15, 0.2) is 0 Å². The molecule has 4 atom stereocenters. The van der Waals surface area contributed by atoms with E-state index >= 15 is 0 Å². The van der Waals surface area contributed by atoms with Gasteiger partial charge in [-0.2, -0.15) is 0 Å². The second-order valence-corrected chi connectivity index (χ2v) is 6.61. The molecule has 1 aliphatic carbocycles. The molecule has 0 radical (unpaired) electrons. The number of carbonyl (C=O) groups excluding carboxylic acids is 1. The van der Waals surface area contributed by atoms with Crippen LogP contribution >= 0.6 is 0 Å². The van der Waals surface area contributed by atoms with Crippen LogP contribution < -0.4 is 0 Å². The van der Waals surface area contributed by atoms with Crippen molar-refractivity contribution in [1.29, 1.82) is 0 Å². The second-order valence-electron chi connectivity index (χ2n) is 6.61. The van der Waals surface area contributed by atoms with E-state index in [9.17, 15) is 14.7 Å². The monoisotopic (exact) mass is 267 g/mol. The summed E-state index contributed by atoms with van der Waals surface area (Å²) in [5.41, 5.74) is 0.